The zero-order valence-corrected chi connectivity index (χ0v) is 14.7. The van der Waals surface area contributed by atoms with Crippen LogP contribution in [0, 0.1) is 0 Å². The quantitative estimate of drug-likeness (QED) is 0.843. The third-order valence-corrected chi connectivity index (χ3v) is 5.90. The van der Waals surface area contributed by atoms with E-state index in [1.54, 1.807) is 22.8 Å². The van der Waals surface area contributed by atoms with Gasteiger partial charge in [-0.05, 0) is 43.8 Å². The van der Waals surface area contributed by atoms with E-state index in [0.717, 1.165) is 32.5 Å². The smallest absolute Gasteiger partial charge is 0.252 e. The van der Waals surface area contributed by atoms with Crippen LogP contribution in [0.5, 0.6) is 0 Å². The summed E-state index contributed by atoms with van der Waals surface area (Å²) >= 11 is 3.11. The maximum atomic E-state index is 12.3. The molecule has 1 atom stereocenters. The average molecular weight is 348 g/mol. The number of thiophene rings is 2. The van der Waals surface area contributed by atoms with E-state index in [9.17, 15) is 9.59 Å². The monoisotopic (exact) mass is 348 g/mol. The molecule has 1 fully saturated rings. The van der Waals surface area contributed by atoms with E-state index in [-0.39, 0.29) is 17.7 Å². The molecule has 0 aromatic carbocycles. The Morgan fingerprint density at radius 1 is 1.39 bits per heavy atom. The zero-order chi connectivity index (χ0) is 16.2. The first-order valence-electron chi connectivity index (χ1n) is 7.77. The van der Waals surface area contributed by atoms with Gasteiger partial charge in [-0.3, -0.25) is 14.5 Å². The van der Waals surface area contributed by atoms with Crippen LogP contribution < -0.4 is 5.32 Å². The van der Waals surface area contributed by atoms with Crippen molar-refractivity contribution in [2.75, 3.05) is 13.1 Å². The lowest BCUT2D eigenvalue weighted by molar-refractivity contribution is 0.0901. The number of likely N-dealkylation sites (tertiary alicyclic amines) is 1. The van der Waals surface area contributed by atoms with Crippen LogP contribution in [0.15, 0.2) is 29.0 Å². The predicted molar refractivity (Wildman–Crippen MR) is 94.4 cm³/mol. The highest BCUT2D eigenvalue weighted by Gasteiger charge is 2.22. The Morgan fingerprint density at radius 2 is 2.26 bits per heavy atom. The van der Waals surface area contributed by atoms with E-state index < -0.39 is 0 Å². The number of carbonyl (C=O) groups is 2. The molecule has 1 aliphatic heterocycles. The van der Waals surface area contributed by atoms with Gasteiger partial charge in [-0.1, -0.05) is 6.07 Å². The van der Waals surface area contributed by atoms with Gasteiger partial charge in [-0.25, -0.2) is 0 Å². The van der Waals surface area contributed by atoms with E-state index in [0.29, 0.717) is 10.4 Å². The van der Waals surface area contributed by atoms with Gasteiger partial charge in [0.2, 0.25) is 0 Å². The summed E-state index contributed by atoms with van der Waals surface area (Å²) in [4.78, 5) is 28.1. The lowest BCUT2D eigenvalue weighted by Gasteiger charge is -2.32. The second kappa shape index (κ2) is 7.38. The van der Waals surface area contributed by atoms with Crippen molar-refractivity contribution >= 4 is 34.4 Å². The molecule has 2 aromatic heterocycles. The number of piperidine rings is 1. The molecular weight excluding hydrogens is 328 g/mol. The normalized spacial score (nSPS) is 18.7. The van der Waals surface area contributed by atoms with Gasteiger partial charge < -0.3 is 5.32 Å². The van der Waals surface area contributed by atoms with Crippen LogP contribution in [0.25, 0.3) is 0 Å². The fraction of sp³-hybridized carbons (Fsp3) is 0.412. The van der Waals surface area contributed by atoms with E-state index in [4.69, 9.17) is 0 Å². The second-order valence-electron chi connectivity index (χ2n) is 5.88. The molecule has 0 unspecified atom stereocenters. The van der Waals surface area contributed by atoms with Crippen molar-refractivity contribution in [1.82, 2.24) is 10.2 Å². The maximum absolute atomic E-state index is 12.3. The molecule has 3 heterocycles. The maximum Gasteiger partial charge on any atom is 0.252 e. The number of nitrogens with zero attached hydrogens (tertiary/aromatic N) is 1. The van der Waals surface area contributed by atoms with Gasteiger partial charge in [-0.15, -0.1) is 22.7 Å². The van der Waals surface area contributed by atoms with Crippen LogP contribution in [-0.4, -0.2) is 35.7 Å². The molecule has 1 aliphatic rings. The largest absolute Gasteiger partial charge is 0.348 e. The molecule has 0 spiro atoms. The van der Waals surface area contributed by atoms with Crippen molar-refractivity contribution in [3.63, 3.8) is 0 Å². The molecule has 3 rings (SSSR count). The highest BCUT2D eigenvalue weighted by atomic mass is 32.1. The fourth-order valence-electron chi connectivity index (χ4n) is 2.85. The predicted octanol–water partition coefficient (Wildman–Crippen LogP) is 3.41. The van der Waals surface area contributed by atoms with Gasteiger partial charge >= 0.3 is 0 Å². The molecule has 1 saturated heterocycles. The molecule has 0 radical (unpaired) electrons. The van der Waals surface area contributed by atoms with Gasteiger partial charge in [0.15, 0.2) is 5.78 Å². The minimum absolute atomic E-state index is 0.00818. The molecule has 122 valence electrons. The highest BCUT2D eigenvalue weighted by molar-refractivity contribution is 7.12. The number of nitrogens with one attached hydrogen (secondary N) is 1. The number of hydrogen-bond acceptors (Lipinski definition) is 5. The van der Waals surface area contributed by atoms with E-state index >= 15 is 0 Å². The Kier molecular flexibility index (Phi) is 5.25. The first-order valence-corrected chi connectivity index (χ1v) is 9.53. The number of ketones is 1. The molecule has 6 heteroatoms. The van der Waals surface area contributed by atoms with Gasteiger partial charge in [0.25, 0.3) is 5.91 Å². The summed E-state index contributed by atoms with van der Waals surface area (Å²) in [5, 5.41) is 6.98. The molecule has 1 N–H and O–H groups in total. The standard InChI is InChI=1S/C17H20N2O2S2/c1-12(20)16-8-13(11-23-16)17(21)18-14-4-2-6-19(9-14)10-15-5-3-7-22-15/h3,5,7-8,11,14H,2,4,6,9-10H2,1H3,(H,18,21)/t14-/m0/s1. The number of Topliss-reactive ketones (excluding diaryl/α,β-unsaturated/α-hetero) is 1. The van der Waals surface area contributed by atoms with Crippen LogP contribution in [-0.2, 0) is 6.54 Å². The lowest BCUT2D eigenvalue weighted by atomic mass is 10.1. The van der Waals surface area contributed by atoms with Crippen molar-refractivity contribution in [1.29, 1.82) is 0 Å². The summed E-state index contributed by atoms with van der Waals surface area (Å²) in [5.41, 5.74) is 0.593. The summed E-state index contributed by atoms with van der Waals surface area (Å²) in [7, 11) is 0. The topological polar surface area (TPSA) is 49.4 Å². The number of rotatable bonds is 5. The van der Waals surface area contributed by atoms with Crippen molar-refractivity contribution in [2.24, 2.45) is 0 Å². The first kappa shape index (κ1) is 16.4. The van der Waals surface area contributed by atoms with Crippen LogP contribution in [0.2, 0.25) is 0 Å². The van der Waals surface area contributed by atoms with Crippen LogP contribution in [0.4, 0.5) is 0 Å². The zero-order valence-electron chi connectivity index (χ0n) is 13.1. The Labute approximate surface area is 144 Å². The van der Waals surface area contributed by atoms with Crippen molar-refractivity contribution in [3.8, 4) is 0 Å². The molecule has 4 nitrogen and oxygen atoms in total. The van der Waals surface area contributed by atoms with Crippen LogP contribution in [0.3, 0.4) is 0 Å². The van der Waals surface area contributed by atoms with E-state index in [1.807, 2.05) is 0 Å². The minimum atomic E-state index is -0.0725. The number of amides is 1. The summed E-state index contributed by atoms with van der Waals surface area (Å²) in [5.74, 6) is -0.0643. The van der Waals surface area contributed by atoms with Crippen molar-refractivity contribution in [2.45, 2.75) is 32.4 Å². The number of carbonyl (C=O) groups excluding carboxylic acids is 2. The lowest BCUT2D eigenvalue weighted by Crippen LogP contribution is -2.47. The Balaban J connectivity index is 1.56. The first-order chi connectivity index (χ1) is 11.1. The Bertz CT molecular complexity index is 679. The summed E-state index contributed by atoms with van der Waals surface area (Å²) in [6.07, 6.45) is 2.11. The summed E-state index contributed by atoms with van der Waals surface area (Å²) in [6.45, 7) is 4.44. The third-order valence-electron chi connectivity index (χ3n) is 4.01. The van der Waals surface area contributed by atoms with Gasteiger partial charge in [0, 0.05) is 29.4 Å². The SMILES string of the molecule is CC(=O)c1cc(C(=O)N[C@H]2CCCN(Cc3cccs3)C2)cs1. The van der Waals surface area contributed by atoms with Gasteiger partial charge in [-0.2, -0.15) is 0 Å². The minimum Gasteiger partial charge on any atom is -0.348 e. The van der Waals surface area contributed by atoms with Gasteiger partial charge in [0.05, 0.1) is 10.4 Å². The highest BCUT2D eigenvalue weighted by Crippen LogP contribution is 2.18. The van der Waals surface area contributed by atoms with Crippen LogP contribution >= 0.6 is 22.7 Å². The molecular formula is C17H20N2O2S2. The molecule has 2 aromatic rings. The van der Waals surface area contributed by atoms with E-state index in [1.165, 1.54) is 23.1 Å². The Morgan fingerprint density at radius 3 is 2.96 bits per heavy atom. The van der Waals surface area contributed by atoms with Gasteiger partial charge in [0.1, 0.15) is 0 Å². The summed E-state index contributed by atoms with van der Waals surface area (Å²) < 4.78 is 0. The molecule has 23 heavy (non-hydrogen) atoms. The van der Waals surface area contributed by atoms with Crippen molar-refractivity contribution in [3.05, 3.63) is 44.3 Å². The summed E-state index contributed by atoms with van der Waals surface area (Å²) in [6, 6.07) is 6.10. The Hall–Kier alpha value is -1.50. The molecule has 0 bridgehead atoms. The van der Waals surface area contributed by atoms with Crippen LogP contribution in [0.1, 0.15) is 44.7 Å². The van der Waals surface area contributed by atoms with Crippen molar-refractivity contribution < 1.29 is 9.59 Å². The molecule has 1 amide bonds. The second-order valence-corrected chi connectivity index (χ2v) is 7.83. The number of hydrogen-bond donors (Lipinski definition) is 1. The molecule has 0 saturated carbocycles. The third kappa shape index (κ3) is 4.28. The van der Waals surface area contributed by atoms with E-state index in [2.05, 4.69) is 27.7 Å². The fourth-order valence-corrected chi connectivity index (χ4v) is 4.38. The average Bonchev–Trinajstić information content (AvgIpc) is 3.18. The molecule has 0 aliphatic carbocycles.